The van der Waals surface area contributed by atoms with E-state index >= 15 is 0 Å². The summed E-state index contributed by atoms with van der Waals surface area (Å²) in [5.41, 5.74) is 0. The highest BCUT2D eigenvalue weighted by molar-refractivity contribution is 6.30. The Morgan fingerprint density at radius 2 is 2.29 bits per heavy atom. The minimum absolute atomic E-state index is 0.0864. The summed E-state index contributed by atoms with van der Waals surface area (Å²) in [5.74, 6) is -0.302. The van der Waals surface area contributed by atoms with Crippen LogP contribution < -0.4 is 10.1 Å². The van der Waals surface area contributed by atoms with Crippen molar-refractivity contribution in [3.05, 3.63) is 53.2 Å². The van der Waals surface area contributed by atoms with Crippen LogP contribution in [0.4, 0.5) is 4.39 Å². The van der Waals surface area contributed by atoms with E-state index in [9.17, 15) is 14.3 Å². The Balaban J connectivity index is 1.88. The maximum atomic E-state index is 13.0. The van der Waals surface area contributed by atoms with E-state index in [4.69, 9.17) is 20.8 Å². The fraction of sp³-hybridized carbons (Fsp3) is 0.214. The van der Waals surface area contributed by atoms with Crippen molar-refractivity contribution in [1.82, 2.24) is 5.32 Å². The molecule has 0 aliphatic carbocycles. The summed E-state index contributed by atoms with van der Waals surface area (Å²) in [6.45, 7) is -0.596. The third-order valence-electron chi connectivity index (χ3n) is 2.67. The molecule has 112 valence electrons. The molecule has 2 aromatic rings. The maximum absolute atomic E-state index is 13.0. The second-order valence-corrected chi connectivity index (χ2v) is 4.59. The molecular weight excluding hydrogens is 301 g/mol. The van der Waals surface area contributed by atoms with Crippen molar-refractivity contribution in [3.8, 4) is 5.75 Å². The molecule has 0 spiro atoms. The van der Waals surface area contributed by atoms with Gasteiger partial charge in [0.1, 0.15) is 23.4 Å². The highest BCUT2D eigenvalue weighted by atomic mass is 35.5. The molecule has 1 amide bonds. The van der Waals surface area contributed by atoms with E-state index < -0.39 is 17.8 Å². The average Bonchev–Trinajstić information content (AvgIpc) is 3.00. The van der Waals surface area contributed by atoms with E-state index in [0.717, 1.165) is 6.07 Å². The Morgan fingerprint density at radius 1 is 1.48 bits per heavy atom. The van der Waals surface area contributed by atoms with Gasteiger partial charge in [0.2, 0.25) is 0 Å². The van der Waals surface area contributed by atoms with Crippen molar-refractivity contribution >= 4 is 17.5 Å². The molecule has 21 heavy (non-hydrogen) atoms. The van der Waals surface area contributed by atoms with Gasteiger partial charge in [0, 0.05) is 6.07 Å². The zero-order chi connectivity index (χ0) is 15.2. The van der Waals surface area contributed by atoms with Crippen LogP contribution in [0.1, 0.15) is 11.8 Å². The Kier molecular flexibility index (Phi) is 5.19. The Morgan fingerprint density at radius 3 is 2.90 bits per heavy atom. The molecule has 0 aliphatic heterocycles. The molecule has 0 radical (unpaired) electrons. The van der Waals surface area contributed by atoms with Crippen LogP contribution in [0, 0.1) is 5.82 Å². The molecule has 2 N–H and O–H groups in total. The van der Waals surface area contributed by atoms with Crippen LogP contribution in [0.5, 0.6) is 5.75 Å². The Bertz CT molecular complexity index is 603. The first-order chi connectivity index (χ1) is 10.1. The van der Waals surface area contributed by atoms with Crippen LogP contribution in [0.2, 0.25) is 5.02 Å². The van der Waals surface area contributed by atoms with Gasteiger partial charge in [-0.25, -0.2) is 4.39 Å². The zero-order valence-corrected chi connectivity index (χ0v) is 11.6. The van der Waals surface area contributed by atoms with Gasteiger partial charge in [0.05, 0.1) is 17.9 Å². The molecule has 0 saturated carbocycles. The minimum Gasteiger partial charge on any atom is -0.484 e. The number of amides is 1. The molecular formula is C14H13ClFNO4. The molecule has 5 nitrogen and oxygen atoms in total. The number of halogens is 2. The lowest BCUT2D eigenvalue weighted by Crippen LogP contribution is -2.34. The lowest BCUT2D eigenvalue weighted by atomic mass is 10.2. The molecule has 2 rings (SSSR count). The molecule has 1 aromatic heterocycles. The number of nitrogens with one attached hydrogen (secondary N) is 1. The van der Waals surface area contributed by atoms with Crippen LogP contribution in [0.3, 0.4) is 0 Å². The molecule has 0 saturated heterocycles. The number of carbonyl (C=O) groups excluding carboxylic acids is 1. The van der Waals surface area contributed by atoms with Crippen LogP contribution in [-0.2, 0) is 4.79 Å². The van der Waals surface area contributed by atoms with Gasteiger partial charge in [0.25, 0.3) is 5.91 Å². The maximum Gasteiger partial charge on any atom is 0.258 e. The largest absolute Gasteiger partial charge is 0.484 e. The van der Waals surface area contributed by atoms with E-state index in [1.807, 2.05) is 0 Å². The van der Waals surface area contributed by atoms with Gasteiger partial charge in [-0.3, -0.25) is 4.79 Å². The van der Waals surface area contributed by atoms with E-state index in [-0.39, 0.29) is 24.0 Å². The summed E-state index contributed by atoms with van der Waals surface area (Å²) >= 11 is 5.60. The lowest BCUT2D eigenvalue weighted by molar-refractivity contribution is -0.124. The van der Waals surface area contributed by atoms with Gasteiger partial charge in [-0.1, -0.05) is 11.6 Å². The van der Waals surface area contributed by atoms with E-state index in [1.54, 1.807) is 12.1 Å². The first-order valence-electron chi connectivity index (χ1n) is 6.11. The molecule has 1 unspecified atom stereocenters. The topological polar surface area (TPSA) is 71.7 Å². The number of hydrogen-bond acceptors (Lipinski definition) is 4. The van der Waals surface area contributed by atoms with Gasteiger partial charge in [-0.2, -0.15) is 0 Å². The number of aliphatic hydroxyl groups is 1. The number of ether oxygens (including phenoxy) is 1. The summed E-state index contributed by atoms with van der Waals surface area (Å²) in [5, 5.41) is 11.7. The molecule has 0 fully saturated rings. The fourth-order valence-corrected chi connectivity index (χ4v) is 1.82. The molecule has 7 heteroatoms. The van der Waals surface area contributed by atoms with Crippen molar-refractivity contribution in [1.29, 1.82) is 0 Å². The summed E-state index contributed by atoms with van der Waals surface area (Å²) in [6.07, 6.45) is 1.45. The minimum atomic E-state index is -0.645. The number of benzene rings is 1. The summed E-state index contributed by atoms with van der Waals surface area (Å²) in [6, 6.07) is 6.44. The zero-order valence-electron chi connectivity index (χ0n) is 10.9. The lowest BCUT2D eigenvalue weighted by Gasteiger charge is -2.14. The molecule has 1 heterocycles. The van der Waals surface area contributed by atoms with Gasteiger partial charge >= 0.3 is 0 Å². The fourth-order valence-electron chi connectivity index (χ4n) is 1.65. The predicted molar refractivity (Wildman–Crippen MR) is 73.6 cm³/mol. The van der Waals surface area contributed by atoms with Crippen molar-refractivity contribution < 1.29 is 23.4 Å². The highest BCUT2D eigenvalue weighted by Crippen LogP contribution is 2.21. The monoisotopic (exact) mass is 313 g/mol. The normalized spacial score (nSPS) is 12.0. The van der Waals surface area contributed by atoms with Gasteiger partial charge in [-0.15, -0.1) is 0 Å². The Labute approximate surface area is 125 Å². The van der Waals surface area contributed by atoms with E-state index in [2.05, 4.69) is 5.32 Å². The summed E-state index contributed by atoms with van der Waals surface area (Å²) in [4.78, 5) is 11.7. The highest BCUT2D eigenvalue weighted by Gasteiger charge is 2.16. The second-order valence-electron chi connectivity index (χ2n) is 4.18. The van der Waals surface area contributed by atoms with Crippen LogP contribution in [0.25, 0.3) is 0 Å². The third kappa shape index (κ3) is 4.21. The average molecular weight is 314 g/mol. The van der Waals surface area contributed by atoms with Gasteiger partial charge in [0.15, 0.2) is 6.61 Å². The van der Waals surface area contributed by atoms with Crippen LogP contribution >= 0.6 is 11.6 Å². The molecule has 1 aromatic carbocycles. The predicted octanol–water partition coefficient (Wildman–Crippen LogP) is 2.30. The van der Waals surface area contributed by atoms with Crippen molar-refractivity contribution in [2.45, 2.75) is 6.04 Å². The quantitative estimate of drug-likeness (QED) is 0.858. The number of hydrogen-bond donors (Lipinski definition) is 2. The van der Waals surface area contributed by atoms with Crippen molar-refractivity contribution in [2.75, 3.05) is 13.2 Å². The first kappa shape index (κ1) is 15.3. The van der Waals surface area contributed by atoms with Gasteiger partial charge < -0.3 is 19.6 Å². The third-order valence-corrected chi connectivity index (χ3v) is 2.96. The van der Waals surface area contributed by atoms with Crippen molar-refractivity contribution in [3.63, 3.8) is 0 Å². The Hall–Kier alpha value is -2.05. The van der Waals surface area contributed by atoms with Crippen molar-refractivity contribution in [2.24, 2.45) is 0 Å². The van der Waals surface area contributed by atoms with E-state index in [0.29, 0.717) is 5.76 Å². The van der Waals surface area contributed by atoms with Crippen LogP contribution in [-0.4, -0.2) is 24.2 Å². The SMILES string of the molecule is O=C(COc1ccc(F)c(Cl)c1)NC(CO)c1ccco1. The standard InChI is InChI=1S/C14H13ClFNO4/c15-10-6-9(3-4-11(10)16)21-8-14(19)17-12(7-18)13-2-1-5-20-13/h1-6,12,18H,7-8H2,(H,17,19). The first-order valence-corrected chi connectivity index (χ1v) is 6.49. The molecule has 1 atom stereocenters. The van der Waals surface area contributed by atoms with Gasteiger partial charge in [-0.05, 0) is 24.3 Å². The number of carbonyl (C=O) groups is 1. The van der Waals surface area contributed by atoms with Crippen LogP contribution in [0.15, 0.2) is 41.0 Å². The smallest absolute Gasteiger partial charge is 0.258 e. The number of aliphatic hydroxyl groups excluding tert-OH is 1. The number of furan rings is 1. The molecule has 0 bridgehead atoms. The summed E-state index contributed by atoms with van der Waals surface area (Å²) < 4.78 is 23.3. The summed E-state index contributed by atoms with van der Waals surface area (Å²) in [7, 11) is 0. The number of rotatable bonds is 6. The molecule has 0 aliphatic rings. The van der Waals surface area contributed by atoms with E-state index in [1.165, 1.54) is 18.4 Å². The second kappa shape index (κ2) is 7.10.